The third kappa shape index (κ3) is 6.21. The number of methoxy groups -OCH3 is 1. The maximum absolute atomic E-state index is 10.8. The molecule has 3 unspecified atom stereocenters. The van der Waals surface area contributed by atoms with Crippen molar-refractivity contribution >= 4 is 17.0 Å². The molecule has 2 N–H and O–H groups in total. The summed E-state index contributed by atoms with van der Waals surface area (Å²) in [6.45, 7) is 4.40. The zero-order chi connectivity index (χ0) is 20.8. The van der Waals surface area contributed by atoms with Crippen molar-refractivity contribution < 1.29 is 19.4 Å². The molecule has 1 aliphatic heterocycles. The second-order valence-corrected chi connectivity index (χ2v) is 8.37. The van der Waals surface area contributed by atoms with E-state index in [4.69, 9.17) is 14.6 Å². The monoisotopic (exact) mass is 402 g/mol. The van der Waals surface area contributed by atoms with E-state index in [0.29, 0.717) is 24.5 Å². The molecule has 0 radical (unpaired) electrons. The summed E-state index contributed by atoms with van der Waals surface area (Å²) in [5.41, 5.74) is 3.94. The number of nitrogens with one attached hydrogen (secondary N) is 1. The highest BCUT2D eigenvalue weighted by molar-refractivity contribution is 5.84. The molecule has 1 aromatic carbocycles. The van der Waals surface area contributed by atoms with Crippen LogP contribution in [0.2, 0.25) is 0 Å². The van der Waals surface area contributed by atoms with Gasteiger partial charge in [-0.1, -0.05) is 13.0 Å². The molecule has 6 heteroatoms. The standard InChI is InChI=1S/C23H34N2O4/c1-16(11-20-15-29-20)18(8-9-24-23(26)27)12-17-6-7-22-21(13-17)19(14-25(22)2)5-4-10-28-3/h6-7,13-14,16,18,20,24H,4-5,8-12,15H2,1-3H3,(H,26,27). The van der Waals surface area contributed by atoms with Crippen LogP contribution in [0.5, 0.6) is 0 Å². The van der Waals surface area contributed by atoms with Crippen molar-refractivity contribution in [3.8, 4) is 0 Å². The van der Waals surface area contributed by atoms with E-state index in [1.807, 2.05) is 0 Å². The number of nitrogens with zero attached hydrogens (tertiary/aromatic N) is 1. The molecule has 0 spiro atoms. The van der Waals surface area contributed by atoms with Crippen LogP contribution in [0.1, 0.15) is 37.3 Å². The molecule has 1 saturated heterocycles. The lowest BCUT2D eigenvalue weighted by Gasteiger charge is -2.24. The molecule has 160 valence electrons. The first-order chi connectivity index (χ1) is 14.0. The fourth-order valence-electron chi connectivity index (χ4n) is 4.32. The number of amides is 1. The number of carboxylic acid groups (broad SMARTS) is 1. The van der Waals surface area contributed by atoms with Crippen LogP contribution in [0.3, 0.4) is 0 Å². The van der Waals surface area contributed by atoms with Gasteiger partial charge in [0.1, 0.15) is 0 Å². The number of carbonyl (C=O) groups is 1. The van der Waals surface area contributed by atoms with Crippen LogP contribution < -0.4 is 5.32 Å². The normalized spacial score (nSPS) is 18.0. The van der Waals surface area contributed by atoms with E-state index >= 15 is 0 Å². The summed E-state index contributed by atoms with van der Waals surface area (Å²) in [5, 5.41) is 12.8. The zero-order valence-electron chi connectivity index (χ0n) is 17.8. The highest BCUT2D eigenvalue weighted by Gasteiger charge is 2.28. The second-order valence-electron chi connectivity index (χ2n) is 8.37. The largest absolute Gasteiger partial charge is 0.465 e. The van der Waals surface area contributed by atoms with Gasteiger partial charge in [-0.3, -0.25) is 0 Å². The summed E-state index contributed by atoms with van der Waals surface area (Å²) in [5.74, 6) is 0.912. The maximum atomic E-state index is 10.8. The summed E-state index contributed by atoms with van der Waals surface area (Å²) in [4.78, 5) is 10.8. The number of hydrogen-bond acceptors (Lipinski definition) is 3. The molecule has 1 aromatic heterocycles. The van der Waals surface area contributed by atoms with Gasteiger partial charge in [0, 0.05) is 44.4 Å². The molecule has 1 amide bonds. The van der Waals surface area contributed by atoms with Gasteiger partial charge >= 0.3 is 6.09 Å². The third-order valence-electron chi connectivity index (χ3n) is 6.06. The van der Waals surface area contributed by atoms with E-state index in [2.05, 4.69) is 48.3 Å². The van der Waals surface area contributed by atoms with Crippen molar-refractivity contribution in [2.75, 3.05) is 26.9 Å². The lowest BCUT2D eigenvalue weighted by molar-refractivity contribution is 0.192. The Balaban J connectivity index is 1.74. The predicted molar refractivity (Wildman–Crippen MR) is 114 cm³/mol. The summed E-state index contributed by atoms with van der Waals surface area (Å²) >= 11 is 0. The van der Waals surface area contributed by atoms with Crippen LogP contribution in [-0.4, -0.2) is 48.7 Å². The summed E-state index contributed by atoms with van der Waals surface area (Å²) in [6, 6.07) is 6.76. The molecular weight excluding hydrogens is 368 g/mol. The number of aromatic nitrogens is 1. The SMILES string of the molecule is COCCCc1cn(C)c2ccc(CC(CCNC(=O)O)C(C)CC3CO3)cc12. The molecule has 1 aliphatic rings. The number of ether oxygens (including phenoxy) is 2. The highest BCUT2D eigenvalue weighted by Crippen LogP contribution is 2.31. The van der Waals surface area contributed by atoms with Crippen molar-refractivity contribution in [1.29, 1.82) is 0 Å². The molecular formula is C23H34N2O4. The van der Waals surface area contributed by atoms with E-state index < -0.39 is 6.09 Å². The lowest BCUT2D eigenvalue weighted by atomic mass is 9.82. The van der Waals surface area contributed by atoms with Gasteiger partial charge in [0.25, 0.3) is 0 Å². The highest BCUT2D eigenvalue weighted by atomic mass is 16.6. The third-order valence-corrected chi connectivity index (χ3v) is 6.06. The summed E-state index contributed by atoms with van der Waals surface area (Å²) in [6.07, 6.45) is 6.54. The fraction of sp³-hybridized carbons (Fsp3) is 0.609. The molecule has 3 rings (SSSR count). The van der Waals surface area contributed by atoms with Gasteiger partial charge in [0.2, 0.25) is 0 Å². The molecule has 2 heterocycles. The fourth-order valence-corrected chi connectivity index (χ4v) is 4.32. The molecule has 6 nitrogen and oxygen atoms in total. The Kier molecular flexibility index (Phi) is 7.56. The van der Waals surface area contributed by atoms with Crippen LogP contribution >= 0.6 is 0 Å². The van der Waals surface area contributed by atoms with Crippen molar-refractivity contribution in [3.63, 3.8) is 0 Å². The first kappa shape index (κ1) is 21.7. The van der Waals surface area contributed by atoms with Gasteiger partial charge in [0.15, 0.2) is 0 Å². The molecule has 0 bridgehead atoms. The minimum Gasteiger partial charge on any atom is -0.465 e. The molecule has 2 aromatic rings. The maximum Gasteiger partial charge on any atom is 0.404 e. The van der Waals surface area contributed by atoms with E-state index in [0.717, 1.165) is 45.3 Å². The molecule has 29 heavy (non-hydrogen) atoms. The second kappa shape index (κ2) is 10.1. The van der Waals surface area contributed by atoms with Crippen molar-refractivity contribution in [2.45, 2.75) is 45.1 Å². The molecule has 1 fully saturated rings. The van der Waals surface area contributed by atoms with Gasteiger partial charge < -0.3 is 24.5 Å². The number of aryl methyl sites for hydroxylation is 2. The van der Waals surface area contributed by atoms with Crippen LogP contribution in [0, 0.1) is 11.8 Å². The Hall–Kier alpha value is -2.05. The van der Waals surface area contributed by atoms with Crippen LogP contribution in [0.15, 0.2) is 24.4 Å². The molecule has 0 aliphatic carbocycles. The number of benzene rings is 1. The quantitative estimate of drug-likeness (QED) is 0.416. The van der Waals surface area contributed by atoms with Gasteiger partial charge in [-0.25, -0.2) is 4.79 Å². The van der Waals surface area contributed by atoms with E-state index in [9.17, 15) is 4.79 Å². The van der Waals surface area contributed by atoms with Crippen molar-refractivity contribution in [2.24, 2.45) is 18.9 Å². The van der Waals surface area contributed by atoms with Crippen molar-refractivity contribution in [1.82, 2.24) is 9.88 Å². The zero-order valence-corrected chi connectivity index (χ0v) is 17.8. The smallest absolute Gasteiger partial charge is 0.404 e. The number of rotatable bonds is 12. The van der Waals surface area contributed by atoms with Crippen LogP contribution in [0.25, 0.3) is 10.9 Å². The summed E-state index contributed by atoms with van der Waals surface area (Å²) in [7, 11) is 3.84. The minimum atomic E-state index is -0.951. The number of hydrogen-bond donors (Lipinski definition) is 2. The van der Waals surface area contributed by atoms with E-state index in [1.165, 1.54) is 22.0 Å². The Morgan fingerprint density at radius 1 is 1.45 bits per heavy atom. The summed E-state index contributed by atoms with van der Waals surface area (Å²) < 4.78 is 12.8. The topological polar surface area (TPSA) is 76.0 Å². The van der Waals surface area contributed by atoms with Crippen molar-refractivity contribution in [3.05, 3.63) is 35.5 Å². The lowest BCUT2D eigenvalue weighted by Crippen LogP contribution is -2.27. The molecule has 0 saturated carbocycles. The van der Waals surface area contributed by atoms with Gasteiger partial charge in [-0.2, -0.15) is 0 Å². The Bertz CT molecular complexity index is 813. The van der Waals surface area contributed by atoms with Gasteiger partial charge in [-0.15, -0.1) is 0 Å². The number of fused-ring (bicyclic) bond motifs is 1. The average molecular weight is 403 g/mol. The Labute approximate surface area is 173 Å². The van der Waals surface area contributed by atoms with Crippen LogP contribution in [-0.2, 0) is 29.4 Å². The number of epoxide rings is 1. The minimum absolute atomic E-state index is 0.393. The Morgan fingerprint density at radius 3 is 2.93 bits per heavy atom. The first-order valence-corrected chi connectivity index (χ1v) is 10.6. The van der Waals surface area contributed by atoms with Gasteiger partial charge in [0.05, 0.1) is 12.7 Å². The Morgan fingerprint density at radius 2 is 2.24 bits per heavy atom. The van der Waals surface area contributed by atoms with Gasteiger partial charge in [-0.05, 0) is 67.2 Å². The predicted octanol–water partition coefficient (Wildman–Crippen LogP) is 4.00. The first-order valence-electron chi connectivity index (χ1n) is 10.6. The van der Waals surface area contributed by atoms with E-state index in [-0.39, 0.29) is 0 Å². The van der Waals surface area contributed by atoms with Crippen LogP contribution in [0.4, 0.5) is 4.79 Å². The average Bonchev–Trinajstić information content (AvgIpc) is 3.44. The molecule has 3 atom stereocenters. The van der Waals surface area contributed by atoms with E-state index in [1.54, 1.807) is 7.11 Å².